The van der Waals surface area contributed by atoms with Crippen LogP contribution in [-0.4, -0.2) is 12.3 Å². The van der Waals surface area contributed by atoms with E-state index in [1.807, 2.05) is 11.8 Å². The third-order valence-electron chi connectivity index (χ3n) is 2.49. The third kappa shape index (κ3) is 2.89. The van der Waals surface area contributed by atoms with Crippen LogP contribution in [0.4, 0.5) is 0 Å². The van der Waals surface area contributed by atoms with Crippen molar-refractivity contribution in [2.45, 2.75) is 20.3 Å². The highest BCUT2D eigenvalue weighted by atomic mass is 32.2. The van der Waals surface area contributed by atoms with E-state index in [0.29, 0.717) is 11.8 Å². The largest absolute Gasteiger partial charge is 0.330 e. The van der Waals surface area contributed by atoms with Gasteiger partial charge in [0.15, 0.2) is 0 Å². The van der Waals surface area contributed by atoms with Crippen LogP contribution >= 0.6 is 11.8 Å². The molecule has 2 atom stereocenters. The van der Waals surface area contributed by atoms with Crippen LogP contribution in [0, 0.1) is 11.8 Å². The predicted octanol–water partition coefficient (Wildman–Crippen LogP) is 2.79. The number of thioether (sulfide) groups is 1. The fraction of sp³-hybridized carbons (Fsp3) is 0.636. The van der Waals surface area contributed by atoms with Crippen LogP contribution in [0.1, 0.15) is 20.3 Å². The van der Waals surface area contributed by atoms with Gasteiger partial charge >= 0.3 is 0 Å². The van der Waals surface area contributed by atoms with Gasteiger partial charge in [0.1, 0.15) is 0 Å². The Hall–Kier alpha value is -0.210. The van der Waals surface area contributed by atoms with E-state index >= 15 is 0 Å². The molecule has 1 aliphatic rings. The summed E-state index contributed by atoms with van der Waals surface area (Å²) >= 11 is 1.92. The number of allylic oxidation sites excluding steroid dienone is 2. The van der Waals surface area contributed by atoms with Gasteiger partial charge in [-0.15, -0.1) is 11.8 Å². The van der Waals surface area contributed by atoms with E-state index in [2.05, 4.69) is 32.1 Å². The fourth-order valence-electron chi connectivity index (χ4n) is 1.69. The highest BCUT2D eigenvalue weighted by Gasteiger charge is 2.17. The van der Waals surface area contributed by atoms with Gasteiger partial charge in [0.2, 0.25) is 0 Å². The Kier molecular flexibility index (Phi) is 4.60. The first-order valence-corrected chi connectivity index (χ1v) is 6.03. The zero-order valence-corrected chi connectivity index (χ0v) is 9.31. The number of rotatable bonds is 4. The van der Waals surface area contributed by atoms with Gasteiger partial charge in [-0.1, -0.05) is 32.1 Å². The number of hydrogen-bond donors (Lipinski definition) is 1. The normalized spacial score (nSPS) is 27.5. The molecule has 0 heterocycles. The summed E-state index contributed by atoms with van der Waals surface area (Å²) in [7, 11) is 0. The first-order valence-electron chi connectivity index (χ1n) is 5.04. The lowest BCUT2D eigenvalue weighted by molar-refractivity contribution is 0.465. The molecule has 0 aromatic carbocycles. The molecule has 1 nitrogen and oxygen atoms in total. The molecule has 2 unspecified atom stereocenters. The molecule has 0 bridgehead atoms. The molecule has 0 saturated carbocycles. The predicted molar refractivity (Wildman–Crippen MR) is 61.7 cm³/mol. The second-order valence-corrected chi connectivity index (χ2v) is 4.67. The lowest BCUT2D eigenvalue weighted by Gasteiger charge is -2.23. The van der Waals surface area contributed by atoms with Crippen LogP contribution in [0.2, 0.25) is 0 Å². The Balaban J connectivity index is 2.62. The van der Waals surface area contributed by atoms with Crippen molar-refractivity contribution >= 4 is 11.8 Å². The van der Waals surface area contributed by atoms with Crippen molar-refractivity contribution in [2.24, 2.45) is 17.6 Å². The summed E-state index contributed by atoms with van der Waals surface area (Å²) < 4.78 is 0. The van der Waals surface area contributed by atoms with Gasteiger partial charge in [-0.3, -0.25) is 0 Å². The van der Waals surface area contributed by atoms with Gasteiger partial charge < -0.3 is 5.73 Å². The molecule has 0 aliphatic heterocycles. The number of hydrogen-bond acceptors (Lipinski definition) is 2. The van der Waals surface area contributed by atoms with E-state index in [4.69, 9.17) is 5.73 Å². The van der Waals surface area contributed by atoms with E-state index in [1.54, 1.807) is 0 Å². The van der Waals surface area contributed by atoms with Crippen LogP contribution in [-0.2, 0) is 0 Å². The summed E-state index contributed by atoms with van der Waals surface area (Å²) in [5.74, 6) is 2.37. The fourth-order valence-corrected chi connectivity index (χ4v) is 2.47. The lowest BCUT2D eigenvalue weighted by atomic mass is 9.86. The van der Waals surface area contributed by atoms with Crippen LogP contribution in [0.25, 0.3) is 0 Å². The van der Waals surface area contributed by atoms with Gasteiger partial charge in [0, 0.05) is 4.91 Å². The first-order chi connectivity index (χ1) is 6.31. The Labute approximate surface area is 85.5 Å². The zero-order chi connectivity index (χ0) is 9.68. The van der Waals surface area contributed by atoms with E-state index in [9.17, 15) is 0 Å². The van der Waals surface area contributed by atoms with E-state index in [-0.39, 0.29) is 0 Å². The van der Waals surface area contributed by atoms with Crippen molar-refractivity contribution < 1.29 is 0 Å². The molecule has 0 saturated heterocycles. The lowest BCUT2D eigenvalue weighted by Crippen LogP contribution is -2.21. The maximum absolute atomic E-state index is 5.70. The molecule has 0 radical (unpaired) electrons. The maximum Gasteiger partial charge on any atom is 0.00318 e. The average Bonchev–Trinajstić information content (AvgIpc) is 2.18. The standard InChI is InChI=1S/C11H19NS/c1-3-9-7-11(13-4-2)6-5-10(9)8-12/h5-7,9-10H,3-4,8,12H2,1-2H3. The van der Waals surface area contributed by atoms with E-state index < -0.39 is 0 Å². The Bertz CT molecular complexity index is 208. The van der Waals surface area contributed by atoms with Gasteiger partial charge in [-0.25, -0.2) is 0 Å². The highest BCUT2D eigenvalue weighted by molar-refractivity contribution is 8.03. The maximum atomic E-state index is 5.70. The molecule has 0 aromatic heterocycles. The van der Waals surface area contributed by atoms with Crippen LogP contribution in [0.15, 0.2) is 23.1 Å². The van der Waals surface area contributed by atoms with Crippen molar-refractivity contribution in [3.05, 3.63) is 23.1 Å². The Morgan fingerprint density at radius 1 is 1.38 bits per heavy atom. The molecule has 1 aliphatic carbocycles. The Morgan fingerprint density at radius 3 is 2.69 bits per heavy atom. The summed E-state index contributed by atoms with van der Waals surface area (Å²) in [4.78, 5) is 1.42. The van der Waals surface area contributed by atoms with Gasteiger partial charge in [0.25, 0.3) is 0 Å². The topological polar surface area (TPSA) is 26.0 Å². The molecule has 1 rings (SSSR count). The molecule has 0 fully saturated rings. The Morgan fingerprint density at radius 2 is 2.15 bits per heavy atom. The summed E-state index contributed by atoms with van der Waals surface area (Å²) in [6.07, 6.45) is 8.07. The third-order valence-corrected chi connectivity index (χ3v) is 3.38. The summed E-state index contributed by atoms with van der Waals surface area (Å²) in [5.41, 5.74) is 5.70. The van der Waals surface area contributed by atoms with Crippen molar-refractivity contribution in [3.8, 4) is 0 Å². The second kappa shape index (κ2) is 5.51. The average molecular weight is 197 g/mol. The molecular formula is C11H19NS. The first kappa shape index (κ1) is 10.9. The van der Waals surface area contributed by atoms with Gasteiger partial charge in [-0.2, -0.15) is 0 Å². The van der Waals surface area contributed by atoms with Crippen molar-refractivity contribution in [3.63, 3.8) is 0 Å². The van der Waals surface area contributed by atoms with Gasteiger partial charge in [-0.05, 0) is 30.6 Å². The molecule has 0 aromatic rings. The monoisotopic (exact) mass is 197 g/mol. The van der Waals surface area contributed by atoms with E-state index in [1.165, 1.54) is 11.3 Å². The van der Waals surface area contributed by atoms with Crippen molar-refractivity contribution in [2.75, 3.05) is 12.3 Å². The smallest absolute Gasteiger partial charge is 0.00318 e. The minimum absolute atomic E-state index is 0.561. The molecule has 0 amide bonds. The minimum Gasteiger partial charge on any atom is -0.330 e. The molecule has 13 heavy (non-hydrogen) atoms. The number of nitrogens with two attached hydrogens (primary N) is 1. The van der Waals surface area contributed by atoms with Gasteiger partial charge in [0.05, 0.1) is 0 Å². The zero-order valence-electron chi connectivity index (χ0n) is 8.49. The quantitative estimate of drug-likeness (QED) is 0.750. The summed E-state index contributed by atoms with van der Waals surface area (Å²) in [5, 5.41) is 0. The second-order valence-electron chi connectivity index (χ2n) is 3.33. The molecule has 2 N–H and O–H groups in total. The van der Waals surface area contributed by atoms with Crippen LogP contribution in [0.3, 0.4) is 0 Å². The van der Waals surface area contributed by atoms with Crippen LogP contribution < -0.4 is 5.73 Å². The van der Waals surface area contributed by atoms with Crippen molar-refractivity contribution in [1.82, 2.24) is 0 Å². The van der Waals surface area contributed by atoms with E-state index in [0.717, 1.165) is 12.3 Å². The molecule has 2 heteroatoms. The van der Waals surface area contributed by atoms with Crippen LogP contribution in [0.5, 0.6) is 0 Å². The molecule has 0 spiro atoms. The SMILES string of the molecule is CCSC1=CC(CC)C(CN)C=C1. The van der Waals surface area contributed by atoms with Crippen molar-refractivity contribution in [1.29, 1.82) is 0 Å². The molecule has 74 valence electrons. The minimum atomic E-state index is 0.561. The highest BCUT2D eigenvalue weighted by Crippen LogP contribution is 2.30. The molecular weight excluding hydrogens is 178 g/mol. The summed E-state index contributed by atoms with van der Waals surface area (Å²) in [6.45, 7) is 5.20. The summed E-state index contributed by atoms with van der Waals surface area (Å²) in [6, 6.07) is 0.